The number of halogens is 3. The van der Waals surface area contributed by atoms with Crippen molar-refractivity contribution in [3.63, 3.8) is 0 Å². The zero-order valence-corrected chi connectivity index (χ0v) is 10.5. The molecule has 1 aliphatic heterocycles. The molecule has 14 heavy (non-hydrogen) atoms. The average molecular weight is 259 g/mol. The Morgan fingerprint density at radius 1 is 1.21 bits per heavy atom. The van der Waals surface area contributed by atoms with E-state index in [4.69, 9.17) is 34.8 Å². The molecule has 2 atom stereocenters. The molecule has 0 aromatic rings. The number of rotatable bonds is 0. The molecule has 0 aromatic heterocycles. The Kier molecular flexibility index (Phi) is 3.95. The van der Waals surface area contributed by atoms with Crippen LogP contribution in [0.3, 0.4) is 0 Å². The number of nitrogens with zero attached hydrogens (tertiary/aromatic N) is 1. The van der Waals surface area contributed by atoms with E-state index in [0.717, 1.165) is 19.3 Å². The Morgan fingerprint density at radius 3 is 2.00 bits per heavy atom. The minimum atomic E-state index is -1.82. The van der Waals surface area contributed by atoms with Gasteiger partial charge in [0.15, 0.2) is 0 Å². The number of hydrogen-bond donors (Lipinski definition) is 0. The van der Waals surface area contributed by atoms with Gasteiger partial charge in [-0.25, -0.2) is 0 Å². The van der Waals surface area contributed by atoms with Gasteiger partial charge >= 0.3 is 0 Å². The van der Waals surface area contributed by atoms with Gasteiger partial charge in [-0.15, -0.1) is 0 Å². The van der Waals surface area contributed by atoms with E-state index in [1.165, 1.54) is 0 Å². The van der Waals surface area contributed by atoms with E-state index in [2.05, 4.69) is 0 Å². The zero-order valence-electron chi connectivity index (χ0n) is 8.27. The number of carbonyl (C=O) groups is 1. The first-order valence-corrected chi connectivity index (χ1v) is 5.87. The van der Waals surface area contributed by atoms with Crippen LogP contribution in [-0.4, -0.2) is 26.7 Å². The van der Waals surface area contributed by atoms with E-state index in [-0.39, 0.29) is 12.1 Å². The van der Waals surface area contributed by atoms with Gasteiger partial charge in [0.2, 0.25) is 0 Å². The summed E-state index contributed by atoms with van der Waals surface area (Å²) in [5.41, 5.74) is 0. The maximum absolute atomic E-state index is 11.8. The Hall–Kier alpha value is 0.340. The van der Waals surface area contributed by atoms with E-state index in [0.29, 0.717) is 0 Å². The number of piperidine rings is 1. The van der Waals surface area contributed by atoms with Gasteiger partial charge in [0, 0.05) is 12.1 Å². The van der Waals surface area contributed by atoms with E-state index in [1.54, 1.807) is 4.90 Å². The molecule has 1 fully saturated rings. The highest BCUT2D eigenvalue weighted by molar-refractivity contribution is 6.76. The molecule has 1 heterocycles. The van der Waals surface area contributed by atoms with E-state index in [9.17, 15) is 4.79 Å². The highest BCUT2D eigenvalue weighted by atomic mass is 35.6. The second kappa shape index (κ2) is 4.46. The van der Waals surface area contributed by atoms with Crippen LogP contribution in [0.15, 0.2) is 0 Å². The largest absolute Gasteiger partial charge is 0.334 e. The normalized spacial score (nSPS) is 29.1. The molecule has 1 aliphatic rings. The summed E-state index contributed by atoms with van der Waals surface area (Å²) in [6.45, 7) is 3.98. The first kappa shape index (κ1) is 12.4. The first-order chi connectivity index (χ1) is 6.34. The maximum atomic E-state index is 11.8. The SMILES string of the molecule is CC1CCCC(C)N1C(=O)C(Cl)(Cl)Cl. The highest BCUT2D eigenvalue weighted by Gasteiger charge is 2.40. The third-order valence-electron chi connectivity index (χ3n) is 2.67. The molecule has 0 bridgehead atoms. The molecular weight excluding hydrogens is 244 g/mol. The van der Waals surface area contributed by atoms with Gasteiger partial charge in [-0.05, 0) is 33.1 Å². The lowest BCUT2D eigenvalue weighted by atomic mass is 9.97. The van der Waals surface area contributed by atoms with Gasteiger partial charge in [-0.1, -0.05) is 34.8 Å². The zero-order chi connectivity index (χ0) is 10.9. The third-order valence-corrected chi connectivity index (χ3v) is 3.16. The Labute approximate surface area is 99.5 Å². The van der Waals surface area contributed by atoms with Crippen molar-refractivity contribution >= 4 is 40.7 Å². The number of carbonyl (C=O) groups excluding carboxylic acids is 1. The molecule has 2 unspecified atom stereocenters. The predicted molar refractivity (Wildman–Crippen MR) is 59.9 cm³/mol. The lowest BCUT2D eigenvalue weighted by Gasteiger charge is -2.40. The Balaban J connectivity index is 2.78. The minimum Gasteiger partial charge on any atom is -0.334 e. The molecule has 5 heteroatoms. The monoisotopic (exact) mass is 257 g/mol. The van der Waals surface area contributed by atoms with Crippen LogP contribution < -0.4 is 0 Å². The molecule has 82 valence electrons. The second-order valence-electron chi connectivity index (χ2n) is 3.84. The van der Waals surface area contributed by atoms with Crippen molar-refractivity contribution in [3.8, 4) is 0 Å². The fourth-order valence-corrected chi connectivity index (χ4v) is 2.26. The van der Waals surface area contributed by atoms with Crippen LogP contribution >= 0.6 is 34.8 Å². The number of hydrogen-bond acceptors (Lipinski definition) is 1. The van der Waals surface area contributed by atoms with Crippen molar-refractivity contribution in [2.75, 3.05) is 0 Å². The average Bonchev–Trinajstić information content (AvgIpc) is 2.01. The lowest BCUT2D eigenvalue weighted by molar-refractivity contribution is -0.136. The fourth-order valence-electron chi connectivity index (χ4n) is 1.97. The van der Waals surface area contributed by atoms with Crippen LogP contribution in [0.2, 0.25) is 0 Å². The molecule has 0 saturated carbocycles. The van der Waals surface area contributed by atoms with E-state index >= 15 is 0 Å². The van der Waals surface area contributed by atoms with Gasteiger partial charge in [0.1, 0.15) is 0 Å². The Bertz CT molecular complexity index is 217. The second-order valence-corrected chi connectivity index (χ2v) is 6.12. The van der Waals surface area contributed by atoms with Crippen molar-refractivity contribution in [2.45, 2.75) is 49.0 Å². The van der Waals surface area contributed by atoms with Crippen molar-refractivity contribution in [1.29, 1.82) is 0 Å². The first-order valence-electron chi connectivity index (χ1n) is 4.73. The van der Waals surface area contributed by atoms with Crippen molar-refractivity contribution in [2.24, 2.45) is 0 Å². The number of alkyl halides is 3. The van der Waals surface area contributed by atoms with Gasteiger partial charge < -0.3 is 4.90 Å². The molecule has 1 saturated heterocycles. The van der Waals surface area contributed by atoms with Gasteiger partial charge in [0.25, 0.3) is 9.70 Å². The minimum absolute atomic E-state index is 0.168. The quantitative estimate of drug-likeness (QED) is 0.611. The van der Waals surface area contributed by atoms with Crippen molar-refractivity contribution in [1.82, 2.24) is 4.90 Å². The summed E-state index contributed by atoms with van der Waals surface area (Å²) < 4.78 is -1.82. The molecule has 0 N–H and O–H groups in total. The molecule has 0 spiro atoms. The van der Waals surface area contributed by atoms with Gasteiger partial charge in [-0.2, -0.15) is 0 Å². The third kappa shape index (κ3) is 2.68. The summed E-state index contributed by atoms with van der Waals surface area (Å²) in [7, 11) is 0. The summed E-state index contributed by atoms with van der Waals surface area (Å²) in [5.74, 6) is -0.401. The molecule has 1 amide bonds. The number of amides is 1. The maximum Gasteiger partial charge on any atom is 0.275 e. The van der Waals surface area contributed by atoms with Gasteiger partial charge in [0.05, 0.1) is 0 Å². The summed E-state index contributed by atoms with van der Waals surface area (Å²) in [6, 6.07) is 0.337. The van der Waals surface area contributed by atoms with Crippen molar-refractivity contribution < 1.29 is 4.79 Å². The lowest BCUT2D eigenvalue weighted by Crippen LogP contribution is -2.51. The molecule has 0 aromatic carbocycles. The van der Waals surface area contributed by atoms with Crippen LogP contribution in [0.1, 0.15) is 33.1 Å². The molecule has 0 radical (unpaired) electrons. The number of likely N-dealkylation sites (tertiary alicyclic amines) is 1. The Morgan fingerprint density at radius 2 is 1.64 bits per heavy atom. The fraction of sp³-hybridized carbons (Fsp3) is 0.889. The van der Waals surface area contributed by atoms with Crippen LogP contribution in [0, 0.1) is 0 Å². The van der Waals surface area contributed by atoms with E-state index < -0.39 is 9.70 Å². The topological polar surface area (TPSA) is 20.3 Å². The summed E-state index contributed by atoms with van der Waals surface area (Å²) in [5, 5.41) is 0. The van der Waals surface area contributed by atoms with Crippen LogP contribution in [-0.2, 0) is 4.79 Å². The van der Waals surface area contributed by atoms with Crippen LogP contribution in [0.5, 0.6) is 0 Å². The molecular formula is C9H14Cl3NO. The predicted octanol–water partition coefficient (Wildman–Crippen LogP) is 3.15. The summed E-state index contributed by atoms with van der Waals surface area (Å²) >= 11 is 16.8. The van der Waals surface area contributed by atoms with Crippen LogP contribution in [0.4, 0.5) is 0 Å². The van der Waals surface area contributed by atoms with Crippen molar-refractivity contribution in [3.05, 3.63) is 0 Å². The molecule has 1 rings (SSSR count). The summed E-state index contributed by atoms with van der Waals surface area (Å²) in [6.07, 6.45) is 3.10. The smallest absolute Gasteiger partial charge is 0.275 e. The van der Waals surface area contributed by atoms with E-state index in [1.807, 2.05) is 13.8 Å². The molecule has 2 nitrogen and oxygen atoms in total. The summed E-state index contributed by atoms with van der Waals surface area (Å²) in [4.78, 5) is 13.5. The van der Waals surface area contributed by atoms with Gasteiger partial charge in [-0.3, -0.25) is 4.79 Å². The highest BCUT2D eigenvalue weighted by Crippen LogP contribution is 2.33. The standard InChI is InChI=1S/C9H14Cl3NO/c1-6-4-3-5-7(2)13(6)8(14)9(10,11)12/h6-7H,3-5H2,1-2H3. The molecule has 0 aliphatic carbocycles. The van der Waals surface area contributed by atoms with Crippen LogP contribution in [0.25, 0.3) is 0 Å².